The monoisotopic (exact) mass is 337 g/mol. The molecule has 3 N–H and O–H groups in total. The van der Waals surface area contributed by atoms with Crippen LogP contribution in [0.3, 0.4) is 0 Å². The van der Waals surface area contributed by atoms with Crippen molar-refractivity contribution in [2.75, 3.05) is 19.6 Å². The molecule has 1 fully saturated rings. The Hall–Kier alpha value is -2.73. The predicted molar refractivity (Wildman–Crippen MR) is 101 cm³/mol. The number of hydrazone groups is 1. The number of likely N-dealkylation sites (tertiary alicyclic amines) is 1. The number of phenols is 1. The van der Waals surface area contributed by atoms with E-state index >= 15 is 0 Å². The third-order valence-corrected chi connectivity index (χ3v) is 4.51. The largest absolute Gasteiger partial charge is 0.508 e. The zero-order valence-electron chi connectivity index (χ0n) is 14.1. The maximum Gasteiger partial charge on any atom is 0.115 e. The molecule has 0 amide bonds. The zero-order valence-corrected chi connectivity index (χ0v) is 14.1. The summed E-state index contributed by atoms with van der Waals surface area (Å²) in [6.45, 7) is 2.64. The van der Waals surface area contributed by atoms with Crippen molar-refractivity contribution in [2.24, 2.45) is 15.9 Å². The predicted octanol–water partition coefficient (Wildman–Crippen LogP) is 2.68. The van der Waals surface area contributed by atoms with Crippen molar-refractivity contribution < 1.29 is 5.11 Å². The van der Waals surface area contributed by atoms with Gasteiger partial charge in [0.15, 0.2) is 0 Å². The highest BCUT2D eigenvalue weighted by molar-refractivity contribution is 6.31. The van der Waals surface area contributed by atoms with E-state index in [4.69, 9.17) is 5.84 Å². The normalized spacial score (nSPS) is 17.2. The average Bonchev–Trinajstić information content (AvgIpc) is 2.66. The molecular formula is C19H23N5O. The number of piperidine rings is 1. The first-order valence-corrected chi connectivity index (χ1v) is 8.47. The minimum atomic E-state index is 0.338. The lowest BCUT2D eigenvalue weighted by Crippen LogP contribution is -2.37. The number of aromatic hydroxyl groups is 1. The molecule has 1 saturated heterocycles. The van der Waals surface area contributed by atoms with E-state index in [2.05, 4.69) is 26.0 Å². The van der Waals surface area contributed by atoms with Gasteiger partial charge < -0.3 is 10.9 Å². The Kier molecular flexibility index (Phi) is 5.74. The number of aromatic nitrogens is 1. The van der Waals surface area contributed by atoms with Crippen molar-refractivity contribution in [1.29, 1.82) is 0 Å². The molecule has 0 radical (unpaired) electrons. The first kappa shape index (κ1) is 17.1. The van der Waals surface area contributed by atoms with Crippen LogP contribution in [-0.2, 0) is 0 Å². The minimum Gasteiger partial charge on any atom is -0.508 e. The number of nitrogens with two attached hydrogens (primary N) is 1. The molecule has 0 bridgehead atoms. The number of pyridine rings is 1. The number of benzene rings is 1. The molecule has 6 nitrogen and oxygen atoms in total. The van der Waals surface area contributed by atoms with Crippen molar-refractivity contribution in [2.45, 2.75) is 18.8 Å². The van der Waals surface area contributed by atoms with Gasteiger partial charge in [0.25, 0.3) is 0 Å². The van der Waals surface area contributed by atoms with E-state index < -0.39 is 0 Å². The molecule has 6 heteroatoms. The van der Waals surface area contributed by atoms with Crippen LogP contribution in [0.5, 0.6) is 5.75 Å². The molecule has 0 unspecified atom stereocenters. The van der Waals surface area contributed by atoms with Crippen LogP contribution in [0.25, 0.3) is 0 Å². The summed E-state index contributed by atoms with van der Waals surface area (Å²) in [5.74, 6) is 6.35. The minimum absolute atomic E-state index is 0.338. The van der Waals surface area contributed by atoms with E-state index in [0.29, 0.717) is 18.2 Å². The van der Waals surface area contributed by atoms with Crippen molar-refractivity contribution in [3.63, 3.8) is 0 Å². The molecule has 2 heterocycles. The quantitative estimate of drug-likeness (QED) is 0.499. The van der Waals surface area contributed by atoms with E-state index in [9.17, 15) is 5.11 Å². The van der Waals surface area contributed by atoms with Gasteiger partial charge in [0.2, 0.25) is 0 Å². The van der Waals surface area contributed by atoms with Gasteiger partial charge >= 0.3 is 0 Å². The highest BCUT2D eigenvalue weighted by Gasteiger charge is 2.21. The van der Waals surface area contributed by atoms with Gasteiger partial charge in [0.1, 0.15) is 5.75 Å². The van der Waals surface area contributed by atoms with Crippen molar-refractivity contribution >= 4 is 17.6 Å². The van der Waals surface area contributed by atoms with E-state index in [1.165, 1.54) is 5.56 Å². The van der Waals surface area contributed by atoms with E-state index in [1.807, 2.05) is 24.3 Å². The molecule has 1 aromatic heterocycles. The summed E-state index contributed by atoms with van der Waals surface area (Å²) in [5, 5.41) is 13.5. The van der Waals surface area contributed by atoms with Crippen LogP contribution in [0.15, 0.2) is 58.9 Å². The zero-order chi connectivity index (χ0) is 17.5. The Morgan fingerprint density at radius 3 is 2.68 bits per heavy atom. The molecule has 1 aliphatic rings. The second-order valence-electron chi connectivity index (χ2n) is 6.23. The standard InChI is InChI=1S/C19H23N5O/c20-23-18(13-22-17-4-8-21-9-5-17)14-24-10-6-15(7-11-24)16-2-1-3-19(25)12-16/h1-5,8-9,12-13,15,25H,6-7,10-11,14,20H2. The van der Waals surface area contributed by atoms with E-state index in [-0.39, 0.29) is 0 Å². The van der Waals surface area contributed by atoms with Crippen LogP contribution in [-0.4, -0.2) is 46.6 Å². The molecule has 0 saturated carbocycles. The number of hydrogen-bond donors (Lipinski definition) is 2. The fourth-order valence-electron chi connectivity index (χ4n) is 3.13. The molecule has 0 atom stereocenters. The van der Waals surface area contributed by atoms with Gasteiger partial charge in [0, 0.05) is 18.9 Å². The lowest BCUT2D eigenvalue weighted by Gasteiger charge is -2.32. The van der Waals surface area contributed by atoms with E-state index in [1.54, 1.807) is 24.7 Å². The van der Waals surface area contributed by atoms with Crippen LogP contribution in [0.4, 0.5) is 5.69 Å². The SMILES string of the molecule is NN=C(C=Nc1ccncc1)CN1CCC(c2cccc(O)c2)CC1. The highest BCUT2D eigenvalue weighted by Crippen LogP contribution is 2.29. The maximum absolute atomic E-state index is 9.64. The molecule has 1 aliphatic heterocycles. The van der Waals surface area contributed by atoms with Crippen LogP contribution in [0.1, 0.15) is 24.3 Å². The highest BCUT2D eigenvalue weighted by atomic mass is 16.3. The Balaban J connectivity index is 1.53. The Labute approximate surface area is 147 Å². The molecule has 0 spiro atoms. The Morgan fingerprint density at radius 1 is 1.24 bits per heavy atom. The fraction of sp³-hybridized carbons (Fsp3) is 0.316. The summed E-state index contributed by atoms with van der Waals surface area (Å²) in [6.07, 6.45) is 7.25. The van der Waals surface area contributed by atoms with Gasteiger partial charge in [-0.1, -0.05) is 12.1 Å². The molecule has 0 aliphatic carbocycles. The number of nitrogens with zero attached hydrogens (tertiary/aromatic N) is 4. The van der Waals surface area contributed by atoms with Crippen LogP contribution in [0, 0.1) is 0 Å². The van der Waals surface area contributed by atoms with Crippen LogP contribution in [0.2, 0.25) is 0 Å². The molecule has 1 aromatic carbocycles. The molecule has 25 heavy (non-hydrogen) atoms. The van der Waals surface area contributed by atoms with Crippen molar-refractivity contribution in [3.05, 3.63) is 54.4 Å². The lowest BCUT2D eigenvalue weighted by molar-refractivity contribution is 0.239. The van der Waals surface area contributed by atoms with Gasteiger partial charge in [-0.25, -0.2) is 0 Å². The lowest BCUT2D eigenvalue weighted by atomic mass is 9.89. The summed E-state index contributed by atoms with van der Waals surface area (Å²) in [6, 6.07) is 11.3. The Bertz CT molecular complexity index is 736. The third-order valence-electron chi connectivity index (χ3n) is 4.51. The number of phenolic OH excluding ortho intramolecular Hbond substituents is 1. The fourth-order valence-corrected chi connectivity index (χ4v) is 3.13. The molecule has 3 rings (SSSR count). The number of hydrogen-bond acceptors (Lipinski definition) is 6. The molecule has 130 valence electrons. The maximum atomic E-state index is 9.64. The molecular weight excluding hydrogens is 314 g/mol. The summed E-state index contributed by atoms with van der Waals surface area (Å²) in [4.78, 5) is 10.7. The summed E-state index contributed by atoms with van der Waals surface area (Å²) < 4.78 is 0. The number of rotatable bonds is 5. The smallest absolute Gasteiger partial charge is 0.115 e. The molecule has 2 aromatic rings. The van der Waals surface area contributed by atoms with Gasteiger partial charge in [-0.3, -0.25) is 14.9 Å². The van der Waals surface area contributed by atoms with Gasteiger partial charge in [-0.15, -0.1) is 0 Å². The van der Waals surface area contributed by atoms with Crippen LogP contribution < -0.4 is 5.84 Å². The Morgan fingerprint density at radius 2 is 2.00 bits per heavy atom. The summed E-state index contributed by atoms with van der Waals surface area (Å²) in [7, 11) is 0. The van der Waals surface area contributed by atoms with Crippen LogP contribution >= 0.6 is 0 Å². The first-order valence-electron chi connectivity index (χ1n) is 8.47. The topological polar surface area (TPSA) is 87.1 Å². The number of aliphatic imine (C=N–C) groups is 1. The second-order valence-corrected chi connectivity index (χ2v) is 6.23. The van der Waals surface area contributed by atoms with Gasteiger partial charge in [-0.2, -0.15) is 5.10 Å². The van der Waals surface area contributed by atoms with Gasteiger partial charge in [-0.05, 0) is 61.7 Å². The average molecular weight is 337 g/mol. The van der Waals surface area contributed by atoms with Crippen molar-refractivity contribution in [1.82, 2.24) is 9.88 Å². The van der Waals surface area contributed by atoms with E-state index in [0.717, 1.165) is 37.3 Å². The summed E-state index contributed by atoms with van der Waals surface area (Å²) >= 11 is 0. The van der Waals surface area contributed by atoms with Gasteiger partial charge in [0.05, 0.1) is 17.6 Å². The van der Waals surface area contributed by atoms with Crippen molar-refractivity contribution in [3.8, 4) is 5.75 Å². The third kappa shape index (κ3) is 4.87. The summed E-state index contributed by atoms with van der Waals surface area (Å²) in [5.41, 5.74) is 2.80. The first-order chi connectivity index (χ1) is 12.2. The second kappa shape index (κ2) is 8.39.